The molecule has 1 saturated heterocycles. The molecule has 1 atom stereocenters. The average Bonchev–Trinajstić information content (AvgIpc) is 2.69. The molecule has 1 N–H and O–H groups in total. The molecule has 1 aliphatic heterocycles. The lowest BCUT2D eigenvalue weighted by atomic mass is 10.2. The van der Waals surface area contributed by atoms with Crippen LogP contribution in [0.1, 0.15) is 12.5 Å². The summed E-state index contributed by atoms with van der Waals surface area (Å²) in [4.78, 5) is 14.6. The van der Waals surface area contributed by atoms with Crippen LogP contribution in [0.2, 0.25) is 10.0 Å². The number of hydrogen-bond donors (Lipinski definition) is 1. The van der Waals surface area contributed by atoms with E-state index in [0.717, 1.165) is 11.3 Å². The van der Waals surface area contributed by atoms with Gasteiger partial charge in [-0.3, -0.25) is 9.69 Å². The number of amides is 1. The van der Waals surface area contributed by atoms with Gasteiger partial charge in [0.25, 0.3) is 0 Å². The Hall–Kier alpha value is -1.64. The molecule has 0 aromatic heterocycles. The molecular weight excluding hydrogens is 433 g/mol. The zero-order chi connectivity index (χ0) is 21.2. The smallest absolute Gasteiger partial charge is 0.244 e. The quantitative estimate of drug-likeness (QED) is 0.746. The highest BCUT2D eigenvalue weighted by molar-refractivity contribution is 7.89. The molecule has 9 heteroatoms. The zero-order valence-corrected chi connectivity index (χ0v) is 18.6. The number of carbonyl (C=O) groups excluding carboxylic acids is 1. The highest BCUT2D eigenvalue weighted by Gasteiger charge is 2.33. The molecule has 0 radical (unpaired) electrons. The number of piperazine rings is 1. The normalized spacial score (nSPS) is 17.1. The van der Waals surface area contributed by atoms with Crippen LogP contribution in [0.25, 0.3) is 0 Å². The van der Waals surface area contributed by atoms with Crippen molar-refractivity contribution in [2.24, 2.45) is 0 Å². The van der Waals surface area contributed by atoms with Crippen molar-refractivity contribution in [3.8, 4) is 0 Å². The summed E-state index contributed by atoms with van der Waals surface area (Å²) < 4.78 is 27.2. The van der Waals surface area contributed by atoms with Crippen LogP contribution >= 0.6 is 23.2 Å². The van der Waals surface area contributed by atoms with Crippen LogP contribution in [-0.4, -0.2) is 55.8 Å². The van der Waals surface area contributed by atoms with E-state index in [2.05, 4.69) is 5.32 Å². The molecule has 1 aliphatic rings. The molecular formula is C20H23Cl2N3O3S. The van der Waals surface area contributed by atoms with Gasteiger partial charge < -0.3 is 5.32 Å². The standard InChI is InChI=1S/C20H23Cl2N3O3S/c1-14-4-3-5-17(12-14)23-20(26)15(2)24-8-10-25(11-9-24)29(27,28)19-13-16(21)6-7-18(19)22/h3-7,12-13,15H,8-11H2,1-2H3,(H,23,26)/t15-/m0/s1. The molecule has 3 rings (SSSR count). The Morgan fingerprint density at radius 1 is 1.07 bits per heavy atom. The third-order valence-electron chi connectivity index (χ3n) is 5.00. The van der Waals surface area contributed by atoms with Crippen LogP contribution < -0.4 is 5.32 Å². The lowest BCUT2D eigenvalue weighted by molar-refractivity contribution is -0.121. The number of rotatable bonds is 5. The Morgan fingerprint density at radius 3 is 2.41 bits per heavy atom. The predicted molar refractivity (Wildman–Crippen MR) is 116 cm³/mol. The highest BCUT2D eigenvalue weighted by atomic mass is 35.5. The van der Waals surface area contributed by atoms with Gasteiger partial charge in [-0.2, -0.15) is 4.31 Å². The topological polar surface area (TPSA) is 69.7 Å². The maximum Gasteiger partial charge on any atom is 0.244 e. The fraction of sp³-hybridized carbons (Fsp3) is 0.350. The van der Waals surface area contributed by atoms with Gasteiger partial charge in [-0.1, -0.05) is 35.3 Å². The van der Waals surface area contributed by atoms with E-state index < -0.39 is 10.0 Å². The van der Waals surface area contributed by atoms with E-state index in [1.807, 2.05) is 43.0 Å². The molecule has 1 heterocycles. The molecule has 0 bridgehead atoms. The molecule has 29 heavy (non-hydrogen) atoms. The van der Waals surface area contributed by atoms with Crippen molar-refractivity contribution in [3.05, 3.63) is 58.1 Å². The van der Waals surface area contributed by atoms with E-state index in [1.54, 1.807) is 6.07 Å². The van der Waals surface area contributed by atoms with Crippen LogP contribution in [0.4, 0.5) is 5.69 Å². The Labute approximate surface area is 181 Å². The number of anilines is 1. The number of benzene rings is 2. The van der Waals surface area contributed by atoms with Crippen molar-refractivity contribution in [1.29, 1.82) is 0 Å². The molecule has 6 nitrogen and oxygen atoms in total. The molecule has 0 unspecified atom stereocenters. The molecule has 0 saturated carbocycles. The van der Waals surface area contributed by atoms with E-state index in [4.69, 9.17) is 23.2 Å². The summed E-state index contributed by atoms with van der Waals surface area (Å²) in [5, 5.41) is 3.37. The van der Waals surface area contributed by atoms with E-state index in [0.29, 0.717) is 18.1 Å². The summed E-state index contributed by atoms with van der Waals surface area (Å²) in [5.74, 6) is -0.121. The second kappa shape index (κ2) is 9.02. The Bertz CT molecular complexity index is 1010. The lowest BCUT2D eigenvalue weighted by Gasteiger charge is -2.36. The minimum absolute atomic E-state index is 0.00496. The number of hydrogen-bond acceptors (Lipinski definition) is 4. The number of nitrogens with one attached hydrogen (secondary N) is 1. The summed E-state index contributed by atoms with van der Waals surface area (Å²) in [7, 11) is -3.75. The minimum Gasteiger partial charge on any atom is -0.325 e. The molecule has 1 amide bonds. The van der Waals surface area contributed by atoms with Crippen molar-refractivity contribution in [2.75, 3.05) is 31.5 Å². The van der Waals surface area contributed by atoms with Crippen molar-refractivity contribution < 1.29 is 13.2 Å². The van der Waals surface area contributed by atoms with Crippen molar-refractivity contribution in [2.45, 2.75) is 24.8 Å². The monoisotopic (exact) mass is 455 g/mol. The Balaban J connectivity index is 1.63. The largest absolute Gasteiger partial charge is 0.325 e. The first-order chi connectivity index (χ1) is 13.7. The summed E-state index contributed by atoms with van der Waals surface area (Å²) in [5.41, 5.74) is 1.81. The van der Waals surface area contributed by atoms with Gasteiger partial charge in [0.1, 0.15) is 4.90 Å². The van der Waals surface area contributed by atoms with E-state index in [1.165, 1.54) is 16.4 Å². The van der Waals surface area contributed by atoms with E-state index in [9.17, 15) is 13.2 Å². The second-order valence-corrected chi connectivity index (χ2v) is 9.80. The Kier molecular flexibility index (Phi) is 6.86. The van der Waals surface area contributed by atoms with Gasteiger partial charge >= 0.3 is 0 Å². The van der Waals surface area contributed by atoms with Gasteiger partial charge in [0.2, 0.25) is 15.9 Å². The summed E-state index contributed by atoms with van der Waals surface area (Å²) in [6.07, 6.45) is 0. The van der Waals surface area contributed by atoms with Crippen LogP contribution in [0.15, 0.2) is 47.4 Å². The number of nitrogens with zero attached hydrogens (tertiary/aromatic N) is 2. The molecule has 2 aromatic rings. The molecule has 0 spiro atoms. The van der Waals surface area contributed by atoms with Crippen molar-refractivity contribution in [3.63, 3.8) is 0 Å². The fourth-order valence-electron chi connectivity index (χ4n) is 3.28. The average molecular weight is 456 g/mol. The lowest BCUT2D eigenvalue weighted by Crippen LogP contribution is -2.53. The summed E-state index contributed by atoms with van der Waals surface area (Å²) in [6.45, 7) is 5.22. The van der Waals surface area contributed by atoms with Crippen LogP contribution in [0, 0.1) is 6.92 Å². The maximum absolute atomic E-state index is 12.9. The first-order valence-corrected chi connectivity index (χ1v) is 11.4. The molecule has 2 aromatic carbocycles. The fourth-order valence-corrected chi connectivity index (χ4v) is 5.44. The summed E-state index contributed by atoms with van der Waals surface area (Å²) >= 11 is 12.0. The van der Waals surface area contributed by atoms with Crippen molar-refractivity contribution in [1.82, 2.24) is 9.21 Å². The maximum atomic E-state index is 12.9. The highest BCUT2D eigenvalue weighted by Crippen LogP contribution is 2.28. The van der Waals surface area contributed by atoms with Crippen LogP contribution in [-0.2, 0) is 14.8 Å². The summed E-state index contributed by atoms with van der Waals surface area (Å²) in [6, 6.07) is 11.6. The molecule has 1 fully saturated rings. The van der Waals surface area contributed by atoms with E-state index >= 15 is 0 Å². The second-order valence-electron chi connectivity index (χ2n) is 7.05. The van der Waals surface area contributed by atoms with Gasteiger partial charge in [0, 0.05) is 36.9 Å². The number of sulfonamides is 1. The van der Waals surface area contributed by atoms with Gasteiger partial charge in [-0.25, -0.2) is 8.42 Å². The van der Waals surface area contributed by atoms with E-state index in [-0.39, 0.29) is 35.0 Å². The Morgan fingerprint density at radius 2 is 1.76 bits per heavy atom. The van der Waals surface area contributed by atoms with Gasteiger partial charge in [-0.15, -0.1) is 0 Å². The first-order valence-electron chi connectivity index (χ1n) is 9.25. The van der Waals surface area contributed by atoms with Crippen LogP contribution in [0.3, 0.4) is 0 Å². The van der Waals surface area contributed by atoms with Crippen molar-refractivity contribution >= 4 is 44.8 Å². The molecule has 156 valence electrons. The number of halogens is 2. The van der Waals surface area contributed by atoms with Gasteiger partial charge in [-0.05, 0) is 49.7 Å². The zero-order valence-electron chi connectivity index (χ0n) is 16.2. The molecule has 0 aliphatic carbocycles. The number of carbonyl (C=O) groups is 1. The minimum atomic E-state index is -3.75. The SMILES string of the molecule is Cc1cccc(NC(=O)[C@H](C)N2CCN(S(=O)(=O)c3cc(Cl)ccc3Cl)CC2)c1. The first kappa shape index (κ1) is 22.1. The third-order valence-corrected chi connectivity index (χ3v) is 7.61. The van der Waals surface area contributed by atoms with Gasteiger partial charge in [0.15, 0.2) is 0 Å². The van der Waals surface area contributed by atoms with Crippen LogP contribution in [0.5, 0.6) is 0 Å². The number of aryl methyl sites for hydroxylation is 1. The third kappa shape index (κ3) is 5.10. The van der Waals surface area contributed by atoms with Gasteiger partial charge in [0.05, 0.1) is 11.1 Å². The predicted octanol–water partition coefficient (Wildman–Crippen LogP) is 3.64.